The second-order valence-corrected chi connectivity index (χ2v) is 8.12. The van der Waals surface area contributed by atoms with E-state index in [1.165, 1.54) is 37.9 Å². The van der Waals surface area contributed by atoms with Crippen LogP contribution in [0.2, 0.25) is 0 Å². The summed E-state index contributed by atoms with van der Waals surface area (Å²) >= 11 is 0. The Bertz CT molecular complexity index is 781. The lowest BCUT2D eigenvalue weighted by atomic mass is 10.0. The van der Waals surface area contributed by atoms with E-state index in [0.717, 1.165) is 36.6 Å². The van der Waals surface area contributed by atoms with Crippen LogP contribution in [0.5, 0.6) is 17.2 Å². The van der Waals surface area contributed by atoms with Crippen molar-refractivity contribution < 1.29 is 14.2 Å². The Hall–Kier alpha value is -2.24. The zero-order valence-corrected chi connectivity index (χ0v) is 18.9. The molecule has 0 saturated carbocycles. The molecule has 0 bridgehead atoms. The van der Waals surface area contributed by atoms with Gasteiger partial charge in [0.15, 0.2) is 11.5 Å². The summed E-state index contributed by atoms with van der Waals surface area (Å²) in [7, 11) is 7.25. The number of hydrogen-bond donors (Lipinski definition) is 0. The predicted octanol–water partition coefficient (Wildman–Crippen LogP) is 4.24. The highest BCUT2D eigenvalue weighted by Crippen LogP contribution is 2.35. The van der Waals surface area contributed by atoms with E-state index in [2.05, 4.69) is 47.2 Å². The van der Waals surface area contributed by atoms with Gasteiger partial charge in [-0.3, -0.25) is 4.90 Å². The Kier molecular flexibility index (Phi) is 8.40. The van der Waals surface area contributed by atoms with Crippen LogP contribution >= 0.6 is 0 Å². The van der Waals surface area contributed by atoms with Crippen molar-refractivity contribution in [1.82, 2.24) is 9.80 Å². The third-order valence-corrected chi connectivity index (χ3v) is 6.09. The van der Waals surface area contributed by atoms with E-state index in [9.17, 15) is 0 Å². The van der Waals surface area contributed by atoms with Gasteiger partial charge in [0.1, 0.15) is 5.75 Å². The van der Waals surface area contributed by atoms with Crippen molar-refractivity contribution in [3.05, 3.63) is 53.6 Å². The number of ether oxygens (including phenoxy) is 3. The highest BCUT2D eigenvalue weighted by Gasteiger charge is 2.24. The third kappa shape index (κ3) is 5.89. The van der Waals surface area contributed by atoms with Crippen molar-refractivity contribution in [2.75, 3.05) is 48.0 Å². The minimum atomic E-state index is 0.549. The molecule has 0 amide bonds. The molecule has 3 rings (SSSR count). The van der Waals surface area contributed by atoms with Crippen molar-refractivity contribution in [2.24, 2.45) is 0 Å². The predicted molar refractivity (Wildman–Crippen MR) is 122 cm³/mol. The molecular formula is C25H36N2O3. The smallest absolute Gasteiger partial charge is 0.164 e. The van der Waals surface area contributed by atoms with Gasteiger partial charge in [-0.25, -0.2) is 0 Å². The highest BCUT2D eigenvalue weighted by atomic mass is 16.5. The fourth-order valence-corrected chi connectivity index (χ4v) is 4.36. The van der Waals surface area contributed by atoms with Gasteiger partial charge in [-0.05, 0) is 57.5 Å². The number of piperidine rings is 1. The average molecular weight is 413 g/mol. The van der Waals surface area contributed by atoms with Gasteiger partial charge in [0.25, 0.3) is 0 Å². The molecule has 30 heavy (non-hydrogen) atoms. The fourth-order valence-electron chi connectivity index (χ4n) is 4.36. The van der Waals surface area contributed by atoms with Crippen molar-refractivity contribution >= 4 is 0 Å². The van der Waals surface area contributed by atoms with E-state index in [0.29, 0.717) is 11.8 Å². The van der Waals surface area contributed by atoms with E-state index in [1.54, 1.807) is 21.3 Å². The monoisotopic (exact) mass is 412 g/mol. The third-order valence-electron chi connectivity index (χ3n) is 6.09. The van der Waals surface area contributed by atoms with Gasteiger partial charge >= 0.3 is 0 Å². The molecule has 1 saturated heterocycles. The molecule has 0 aliphatic carbocycles. The molecule has 1 atom stereocenters. The van der Waals surface area contributed by atoms with Crippen molar-refractivity contribution in [2.45, 2.75) is 38.3 Å². The molecule has 0 spiro atoms. The summed E-state index contributed by atoms with van der Waals surface area (Å²) in [6.45, 7) is 4.32. The Balaban J connectivity index is 1.56. The fraction of sp³-hybridized carbons (Fsp3) is 0.520. The van der Waals surface area contributed by atoms with Gasteiger partial charge in [0.2, 0.25) is 0 Å². The topological polar surface area (TPSA) is 34.2 Å². The molecule has 0 radical (unpaired) electrons. The van der Waals surface area contributed by atoms with Crippen LogP contribution in [-0.2, 0) is 13.0 Å². The summed E-state index contributed by atoms with van der Waals surface area (Å²) in [5.41, 5.74) is 2.56. The summed E-state index contributed by atoms with van der Waals surface area (Å²) in [6, 6.07) is 15.3. The molecule has 1 aliphatic rings. The lowest BCUT2D eigenvalue weighted by molar-refractivity contribution is 0.110. The zero-order chi connectivity index (χ0) is 21.3. The second kappa shape index (κ2) is 11.2. The quantitative estimate of drug-likeness (QED) is 0.583. The number of aryl methyl sites for hydroxylation is 1. The van der Waals surface area contributed by atoms with Crippen molar-refractivity contribution in [1.29, 1.82) is 0 Å². The van der Waals surface area contributed by atoms with Gasteiger partial charge in [0.05, 0.1) is 21.3 Å². The van der Waals surface area contributed by atoms with Crippen molar-refractivity contribution in [3.63, 3.8) is 0 Å². The van der Waals surface area contributed by atoms with E-state index < -0.39 is 0 Å². The first-order chi connectivity index (χ1) is 14.6. The summed E-state index contributed by atoms with van der Waals surface area (Å²) in [4.78, 5) is 5.08. The maximum absolute atomic E-state index is 5.62. The van der Waals surface area contributed by atoms with E-state index in [-0.39, 0.29) is 0 Å². The van der Waals surface area contributed by atoms with Crippen LogP contribution in [0.1, 0.15) is 30.4 Å². The largest absolute Gasteiger partial charge is 0.496 e. The lowest BCUT2D eigenvalue weighted by Crippen LogP contribution is -2.46. The van der Waals surface area contributed by atoms with Crippen LogP contribution in [0.25, 0.3) is 0 Å². The standard InChI is InChI=1S/C25H36N2O3/c1-26(18-21-16-24(29-3)25(30-4)17-23(21)28-2)22-13-9-15-27(19-22)14-8-12-20-10-6-5-7-11-20/h5-7,10-11,16-17,22H,8-9,12-15,18-19H2,1-4H3. The maximum atomic E-state index is 5.62. The Labute approximate surface area is 181 Å². The molecular weight excluding hydrogens is 376 g/mol. The van der Waals surface area contributed by atoms with Crippen molar-refractivity contribution in [3.8, 4) is 17.2 Å². The van der Waals surface area contributed by atoms with Gasteiger partial charge in [0, 0.05) is 30.8 Å². The average Bonchev–Trinajstić information content (AvgIpc) is 2.79. The van der Waals surface area contributed by atoms with Crippen LogP contribution in [0.4, 0.5) is 0 Å². The number of methoxy groups -OCH3 is 3. The number of likely N-dealkylation sites (tertiary alicyclic amines) is 1. The first-order valence-corrected chi connectivity index (χ1v) is 10.9. The van der Waals surface area contributed by atoms with E-state index >= 15 is 0 Å². The highest BCUT2D eigenvalue weighted by molar-refractivity contribution is 5.50. The zero-order valence-electron chi connectivity index (χ0n) is 18.9. The number of benzene rings is 2. The Morgan fingerprint density at radius 2 is 1.67 bits per heavy atom. The van der Waals surface area contributed by atoms with Crippen LogP contribution in [-0.4, -0.2) is 63.9 Å². The van der Waals surface area contributed by atoms with Gasteiger partial charge in [-0.2, -0.15) is 0 Å². The first kappa shape index (κ1) is 22.4. The first-order valence-electron chi connectivity index (χ1n) is 10.9. The molecule has 1 unspecified atom stereocenters. The van der Waals surface area contributed by atoms with Crippen LogP contribution in [0.15, 0.2) is 42.5 Å². The molecule has 2 aromatic rings. The molecule has 5 nitrogen and oxygen atoms in total. The van der Waals surface area contributed by atoms with Gasteiger partial charge in [-0.15, -0.1) is 0 Å². The lowest BCUT2D eigenvalue weighted by Gasteiger charge is -2.38. The number of likely N-dealkylation sites (N-methyl/N-ethyl adjacent to an activating group) is 1. The Morgan fingerprint density at radius 1 is 0.967 bits per heavy atom. The van der Waals surface area contributed by atoms with Gasteiger partial charge < -0.3 is 19.1 Å². The summed E-state index contributed by atoms with van der Waals surface area (Å²) < 4.78 is 16.5. The second-order valence-electron chi connectivity index (χ2n) is 8.12. The van der Waals surface area contributed by atoms with Crippen LogP contribution < -0.4 is 14.2 Å². The number of hydrogen-bond acceptors (Lipinski definition) is 5. The molecule has 164 valence electrons. The summed E-state index contributed by atoms with van der Waals surface area (Å²) in [5.74, 6) is 2.28. The van der Waals surface area contributed by atoms with Crippen LogP contribution in [0.3, 0.4) is 0 Å². The molecule has 1 heterocycles. The number of nitrogens with zero attached hydrogens (tertiary/aromatic N) is 2. The molecule has 0 aromatic heterocycles. The molecule has 2 aromatic carbocycles. The number of rotatable bonds is 10. The normalized spacial score (nSPS) is 17.2. The van der Waals surface area contributed by atoms with Crippen LogP contribution in [0, 0.1) is 0 Å². The van der Waals surface area contributed by atoms with E-state index in [1.807, 2.05) is 12.1 Å². The molecule has 1 aliphatic heterocycles. The minimum Gasteiger partial charge on any atom is -0.496 e. The molecule has 0 N–H and O–H groups in total. The maximum Gasteiger partial charge on any atom is 0.164 e. The van der Waals surface area contributed by atoms with E-state index in [4.69, 9.17) is 14.2 Å². The summed E-state index contributed by atoms with van der Waals surface area (Å²) in [5, 5.41) is 0. The SMILES string of the molecule is COc1cc(OC)c(OC)cc1CN(C)C1CCCN(CCCc2ccccc2)C1. The molecule has 1 fully saturated rings. The molecule has 5 heteroatoms. The van der Waals surface area contributed by atoms with Gasteiger partial charge in [-0.1, -0.05) is 30.3 Å². The minimum absolute atomic E-state index is 0.549. The summed E-state index contributed by atoms with van der Waals surface area (Å²) in [6.07, 6.45) is 4.86. The Morgan fingerprint density at radius 3 is 2.37 bits per heavy atom.